The molecule has 1 aliphatic heterocycles. The number of carboxylic acids is 1. The van der Waals surface area contributed by atoms with Gasteiger partial charge in [0.1, 0.15) is 6.04 Å². The molecule has 1 aromatic rings. The van der Waals surface area contributed by atoms with Crippen molar-refractivity contribution in [3.8, 4) is 0 Å². The first-order chi connectivity index (χ1) is 11.8. The third-order valence-electron chi connectivity index (χ3n) is 4.48. The lowest BCUT2D eigenvalue weighted by Crippen LogP contribution is -2.48. The summed E-state index contributed by atoms with van der Waals surface area (Å²) in [7, 11) is -3.24. The fourth-order valence-corrected chi connectivity index (χ4v) is 4.05. The Bertz CT molecular complexity index is 697. The van der Waals surface area contributed by atoms with Gasteiger partial charge in [-0.1, -0.05) is 30.3 Å². The molecule has 0 spiro atoms. The summed E-state index contributed by atoms with van der Waals surface area (Å²) in [6.45, 7) is 2.19. The van der Waals surface area contributed by atoms with Gasteiger partial charge in [-0.3, -0.25) is 4.79 Å². The monoisotopic (exact) mass is 368 g/mol. The van der Waals surface area contributed by atoms with E-state index in [9.17, 15) is 23.1 Å². The van der Waals surface area contributed by atoms with Crippen LogP contribution in [-0.2, 0) is 26.0 Å². The molecule has 7 nitrogen and oxygen atoms in total. The van der Waals surface area contributed by atoms with Crippen molar-refractivity contribution in [3.63, 3.8) is 0 Å². The smallest absolute Gasteiger partial charge is 0.326 e. The van der Waals surface area contributed by atoms with Crippen LogP contribution in [0.25, 0.3) is 0 Å². The minimum absolute atomic E-state index is 0.0437. The summed E-state index contributed by atoms with van der Waals surface area (Å²) in [6, 6.07) is 8.12. The number of carboxylic acid groups (broad SMARTS) is 1. The summed E-state index contributed by atoms with van der Waals surface area (Å²) in [5.74, 6) is -1.72. The number of benzene rings is 1. The van der Waals surface area contributed by atoms with Crippen molar-refractivity contribution in [2.45, 2.75) is 32.2 Å². The van der Waals surface area contributed by atoms with Gasteiger partial charge < -0.3 is 10.4 Å². The van der Waals surface area contributed by atoms with E-state index in [0.717, 1.165) is 5.56 Å². The molecule has 2 rings (SSSR count). The molecule has 1 atom stereocenters. The lowest BCUT2D eigenvalue weighted by molar-refractivity contribution is -0.142. The molecule has 0 bridgehead atoms. The molecule has 1 aliphatic rings. The quantitative estimate of drug-likeness (QED) is 0.743. The minimum Gasteiger partial charge on any atom is -0.480 e. The van der Waals surface area contributed by atoms with Crippen molar-refractivity contribution >= 4 is 21.9 Å². The molecule has 25 heavy (non-hydrogen) atoms. The van der Waals surface area contributed by atoms with Gasteiger partial charge in [-0.15, -0.1) is 0 Å². The highest BCUT2D eigenvalue weighted by Gasteiger charge is 2.32. The Morgan fingerprint density at radius 1 is 1.24 bits per heavy atom. The predicted octanol–water partition coefficient (Wildman–Crippen LogP) is 0.860. The molecule has 1 amide bonds. The van der Waals surface area contributed by atoms with E-state index in [1.807, 2.05) is 30.3 Å². The van der Waals surface area contributed by atoms with E-state index in [-0.39, 0.29) is 24.0 Å². The molecule has 1 aromatic carbocycles. The predicted molar refractivity (Wildman–Crippen MR) is 93.5 cm³/mol. The van der Waals surface area contributed by atoms with Gasteiger partial charge in [0, 0.05) is 25.4 Å². The molecule has 0 unspecified atom stereocenters. The van der Waals surface area contributed by atoms with E-state index in [1.54, 1.807) is 6.92 Å². The SMILES string of the molecule is CCS(=O)(=O)N1CCC(C(=O)N[C@H](Cc2ccccc2)C(=O)O)CC1. The number of nitrogens with one attached hydrogen (secondary N) is 1. The molecule has 1 heterocycles. The standard InChI is InChI=1S/C17H24N2O5S/c1-2-25(23,24)19-10-8-14(9-11-19)16(20)18-15(17(21)22)12-13-6-4-3-5-7-13/h3-7,14-15H,2,8-12H2,1H3,(H,18,20)(H,21,22)/t15-/m1/s1. The van der Waals surface area contributed by atoms with Crippen molar-refractivity contribution in [1.82, 2.24) is 9.62 Å². The van der Waals surface area contributed by atoms with E-state index in [1.165, 1.54) is 4.31 Å². The summed E-state index contributed by atoms with van der Waals surface area (Å²) in [5.41, 5.74) is 0.832. The second-order valence-electron chi connectivity index (χ2n) is 6.16. The van der Waals surface area contributed by atoms with Crippen molar-refractivity contribution in [1.29, 1.82) is 0 Å². The van der Waals surface area contributed by atoms with Crippen molar-refractivity contribution in [2.24, 2.45) is 5.92 Å². The maximum absolute atomic E-state index is 12.4. The molecule has 8 heteroatoms. The number of aliphatic carboxylic acids is 1. The van der Waals surface area contributed by atoms with Crippen LogP contribution in [0.5, 0.6) is 0 Å². The third-order valence-corrected chi connectivity index (χ3v) is 6.36. The molecule has 0 aromatic heterocycles. The third kappa shape index (κ3) is 5.27. The average molecular weight is 368 g/mol. The van der Waals surface area contributed by atoms with Gasteiger partial charge in [0.25, 0.3) is 0 Å². The maximum atomic E-state index is 12.4. The van der Waals surface area contributed by atoms with Crippen LogP contribution < -0.4 is 5.32 Å². The van der Waals surface area contributed by atoms with Gasteiger partial charge in [0.2, 0.25) is 15.9 Å². The molecule has 1 fully saturated rings. The van der Waals surface area contributed by atoms with Crippen LogP contribution >= 0.6 is 0 Å². The Balaban J connectivity index is 1.93. The summed E-state index contributed by atoms with van der Waals surface area (Å²) >= 11 is 0. The van der Waals surface area contributed by atoms with Gasteiger partial charge in [-0.05, 0) is 25.3 Å². The van der Waals surface area contributed by atoms with Crippen LogP contribution in [0.1, 0.15) is 25.3 Å². The van der Waals surface area contributed by atoms with Gasteiger partial charge in [-0.2, -0.15) is 0 Å². The maximum Gasteiger partial charge on any atom is 0.326 e. The van der Waals surface area contributed by atoms with E-state index in [4.69, 9.17) is 0 Å². The highest BCUT2D eigenvalue weighted by atomic mass is 32.2. The van der Waals surface area contributed by atoms with Crippen LogP contribution in [0, 0.1) is 5.92 Å². The van der Waals surface area contributed by atoms with Crippen molar-refractivity contribution in [2.75, 3.05) is 18.8 Å². The van der Waals surface area contributed by atoms with Crippen LogP contribution in [0.2, 0.25) is 0 Å². The summed E-state index contributed by atoms with van der Waals surface area (Å²) in [4.78, 5) is 23.8. The Hall–Kier alpha value is -1.93. The second-order valence-corrected chi connectivity index (χ2v) is 8.42. The van der Waals surface area contributed by atoms with Crippen LogP contribution in [0.3, 0.4) is 0 Å². The molecule has 1 saturated heterocycles. The first kappa shape index (κ1) is 19.4. The van der Waals surface area contributed by atoms with E-state index >= 15 is 0 Å². The van der Waals surface area contributed by atoms with E-state index < -0.39 is 22.0 Å². The number of hydrogen-bond acceptors (Lipinski definition) is 4. The average Bonchev–Trinajstić information content (AvgIpc) is 2.62. The first-order valence-corrected chi connectivity index (χ1v) is 9.99. The topological polar surface area (TPSA) is 104 Å². The molecular formula is C17H24N2O5S. The first-order valence-electron chi connectivity index (χ1n) is 8.38. The van der Waals surface area contributed by atoms with Gasteiger partial charge in [-0.25, -0.2) is 17.5 Å². The lowest BCUT2D eigenvalue weighted by atomic mass is 9.96. The number of rotatable bonds is 7. The zero-order chi connectivity index (χ0) is 18.4. The Morgan fingerprint density at radius 2 is 1.84 bits per heavy atom. The highest BCUT2D eigenvalue weighted by molar-refractivity contribution is 7.89. The Kier molecular flexibility index (Phi) is 6.55. The van der Waals surface area contributed by atoms with Gasteiger partial charge in [0.05, 0.1) is 5.75 Å². The van der Waals surface area contributed by atoms with Crippen molar-refractivity contribution < 1.29 is 23.1 Å². The molecule has 138 valence electrons. The Labute approximate surface area is 148 Å². The number of piperidine rings is 1. The molecular weight excluding hydrogens is 344 g/mol. The molecule has 2 N–H and O–H groups in total. The lowest BCUT2D eigenvalue weighted by Gasteiger charge is -2.30. The number of amides is 1. The fourth-order valence-electron chi connectivity index (χ4n) is 2.92. The molecule has 0 aliphatic carbocycles. The van der Waals surface area contributed by atoms with Gasteiger partial charge in [0.15, 0.2) is 0 Å². The van der Waals surface area contributed by atoms with Gasteiger partial charge >= 0.3 is 5.97 Å². The second kappa shape index (κ2) is 8.44. The fraction of sp³-hybridized carbons (Fsp3) is 0.529. The molecule has 0 radical (unpaired) electrons. The number of carbonyl (C=O) groups is 2. The number of nitrogens with zero attached hydrogens (tertiary/aromatic N) is 1. The normalized spacial score (nSPS) is 17.8. The van der Waals surface area contributed by atoms with Crippen LogP contribution in [-0.4, -0.2) is 54.6 Å². The number of sulfonamides is 1. The van der Waals surface area contributed by atoms with Crippen LogP contribution in [0.4, 0.5) is 0 Å². The summed E-state index contributed by atoms with van der Waals surface area (Å²) in [6.07, 6.45) is 1.02. The number of hydrogen-bond donors (Lipinski definition) is 2. The molecule has 0 saturated carbocycles. The Morgan fingerprint density at radius 3 is 2.36 bits per heavy atom. The van der Waals surface area contributed by atoms with E-state index in [0.29, 0.717) is 25.9 Å². The largest absolute Gasteiger partial charge is 0.480 e. The summed E-state index contributed by atoms with van der Waals surface area (Å²) < 4.78 is 25.1. The van der Waals surface area contributed by atoms with E-state index in [2.05, 4.69) is 5.32 Å². The zero-order valence-corrected chi connectivity index (χ0v) is 15.0. The number of carbonyl (C=O) groups excluding carboxylic acids is 1. The van der Waals surface area contributed by atoms with Crippen LogP contribution in [0.15, 0.2) is 30.3 Å². The highest BCUT2D eigenvalue weighted by Crippen LogP contribution is 2.20. The van der Waals surface area contributed by atoms with Crippen molar-refractivity contribution in [3.05, 3.63) is 35.9 Å². The minimum atomic E-state index is -3.24. The summed E-state index contributed by atoms with van der Waals surface area (Å²) in [5, 5.41) is 12.0. The zero-order valence-electron chi connectivity index (χ0n) is 14.2.